The first-order chi connectivity index (χ1) is 16.5. The molecule has 0 N–H and O–H groups in total. The van der Waals surface area contributed by atoms with Gasteiger partial charge >= 0.3 is 0 Å². The number of benzene rings is 2. The van der Waals surface area contributed by atoms with Crippen molar-refractivity contribution in [2.45, 2.75) is 38.0 Å². The summed E-state index contributed by atoms with van der Waals surface area (Å²) in [7, 11) is 0. The van der Waals surface area contributed by atoms with Crippen LogP contribution in [0, 0.1) is 19.7 Å². The lowest BCUT2D eigenvalue weighted by Gasteiger charge is -2.27. The molecule has 35 heavy (non-hydrogen) atoms. The van der Waals surface area contributed by atoms with Gasteiger partial charge in [0, 0.05) is 37.5 Å². The molecule has 4 rings (SSSR count). The lowest BCUT2D eigenvalue weighted by molar-refractivity contribution is -0.118. The highest BCUT2D eigenvalue weighted by molar-refractivity contribution is 7.99. The number of hydrogen-bond acceptors (Lipinski definition) is 6. The quantitative estimate of drug-likeness (QED) is 0.231. The molecule has 1 fully saturated rings. The maximum Gasteiger partial charge on any atom is 0.228 e. The van der Waals surface area contributed by atoms with E-state index in [-0.39, 0.29) is 24.1 Å². The SMILES string of the molecule is Cc1ccc2sc(N(CCCN3CCOCC3)C(=O)CCCSc3ccc(F)cc3)nc2c1C.Cl. The highest BCUT2D eigenvalue weighted by Gasteiger charge is 2.21. The van der Waals surface area contributed by atoms with Crippen LogP contribution in [0.15, 0.2) is 41.3 Å². The molecule has 0 saturated carbocycles. The number of halogens is 2. The molecular formula is C26H33ClFN3O2S2. The van der Waals surface area contributed by atoms with E-state index in [1.165, 1.54) is 23.3 Å². The first kappa shape index (κ1) is 27.9. The van der Waals surface area contributed by atoms with Crippen molar-refractivity contribution in [1.29, 1.82) is 0 Å². The normalized spacial score (nSPS) is 14.1. The zero-order valence-corrected chi connectivity index (χ0v) is 22.7. The maximum atomic E-state index is 13.3. The number of carbonyl (C=O) groups excluding carboxylic acids is 1. The molecule has 0 unspecified atom stereocenters. The highest BCUT2D eigenvalue weighted by Crippen LogP contribution is 2.32. The third-order valence-electron chi connectivity index (χ3n) is 6.18. The van der Waals surface area contributed by atoms with Crippen molar-refractivity contribution in [2.24, 2.45) is 0 Å². The molecule has 0 radical (unpaired) electrons. The lowest BCUT2D eigenvalue weighted by Crippen LogP contribution is -2.39. The summed E-state index contributed by atoms with van der Waals surface area (Å²) in [6.07, 6.45) is 2.15. The van der Waals surface area contributed by atoms with Gasteiger partial charge in [-0.05, 0) is 73.9 Å². The van der Waals surface area contributed by atoms with Crippen LogP contribution in [0.3, 0.4) is 0 Å². The van der Waals surface area contributed by atoms with Crippen LogP contribution in [0.25, 0.3) is 10.2 Å². The number of anilines is 1. The van der Waals surface area contributed by atoms with E-state index >= 15 is 0 Å². The van der Waals surface area contributed by atoms with Crippen LogP contribution in [0.4, 0.5) is 9.52 Å². The zero-order chi connectivity index (χ0) is 23.9. The van der Waals surface area contributed by atoms with Gasteiger partial charge in [0.25, 0.3) is 0 Å². The number of thioether (sulfide) groups is 1. The molecular weight excluding hydrogens is 505 g/mol. The Labute approximate surface area is 221 Å². The van der Waals surface area contributed by atoms with E-state index in [0.29, 0.717) is 13.0 Å². The van der Waals surface area contributed by atoms with Gasteiger partial charge in [-0.25, -0.2) is 9.37 Å². The van der Waals surface area contributed by atoms with Gasteiger partial charge in [0.15, 0.2) is 5.13 Å². The zero-order valence-electron chi connectivity index (χ0n) is 20.3. The molecule has 0 bridgehead atoms. The predicted molar refractivity (Wildman–Crippen MR) is 147 cm³/mol. The van der Waals surface area contributed by atoms with E-state index in [1.54, 1.807) is 35.2 Å². The molecule has 1 aliphatic heterocycles. The van der Waals surface area contributed by atoms with Crippen LogP contribution in [0.5, 0.6) is 0 Å². The van der Waals surface area contributed by atoms with Crippen molar-refractivity contribution >= 4 is 56.8 Å². The molecule has 5 nitrogen and oxygen atoms in total. The summed E-state index contributed by atoms with van der Waals surface area (Å²) in [5.74, 6) is 0.709. The first-order valence-electron chi connectivity index (χ1n) is 11.9. The van der Waals surface area contributed by atoms with Crippen molar-refractivity contribution in [2.75, 3.05) is 50.0 Å². The largest absolute Gasteiger partial charge is 0.379 e. The number of amides is 1. The Morgan fingerprint density at radius 3 is 2.63 bits per heavy atom. The third kappa shape index (κ3) is 7.64. The Morgan fingerprint density at radius 1 is 1.14 bits per heavy atom. The summed E-state index contributed by atoms with van der Waals surface area (Å²) in [6.45, 7) is 9.28. The van der Waals surface area contributed by atoms with Gasteiger partial charge in [-0.1, -0.05) is 17.4 Å². The number of morpholine rings is 1. The topological polar surface area (TPSA) is 45.7 Å². The minimum absolute atomic E-state index is 0. The number of hydrogen-bond donors (Lipinski definition) is 0. The summed E-state index contributed by atoms with van der Waals surface area (Å²) in [6, 6.07) is 10.7. The average Bonchev–Trinajstić information content (AvgIpc) is 3.28. The van der Waals surface area contributed by atoms with Gasteiger partial charge in [0.05, 0.1) is 23.4 Å². The molecule has 9 heteroatoms. The van der Waals surface area contributed by atoms with Gasteiger partial charge < -0.3 is 4.74 Å². The lowest BCUT2D eigenvalue weighted by atomic mass is 10.1. The standard InChI is InChI=1S/C26H32FN3O2S2.ClH/c1-19-6-11-23-25(20(19)2)28-26(34-23)30(13-4-12-29-14-16-32-17-15-29)24(31)5-3-18-33-22-9-7-21(27)8-10-22;/h6-11H,3-5,12-18H2,1-2H3;1H. The van der Waals surface area contributed by atoms with Crippen LogP contribution in [-0.2, 0) is 9.53 Å². The Morgan fingerprint density at radius 2 is 1.89 bits per heavy atom. The Bertz CT molecular complexity index is 1100. The molecule has 1 aromatic heterocycles. The fraction of sp³-hybridized carbons (Fsp3) is 0.462. The van der Waals surface area contributed by atoms with E-state index < -0.39 is 0 Å². The summed E-state index contributed by atoms with van der Waals surface area (Å²) in [5, 5.41) is 0.793. The fourth-order valence-electron chi connectivity index (χ4n) is 4.01. The number of nitrogens with zero attached hydrogens (tertiary/aromatic N) is 3. The summed E-state index contributed by atoms with van der Waals surface area (Å²) in [4.78, 5) is 23.5. The Kier molecular flexibility index (Phi) is 10.8. The number of ether oxygens (including phenoxy) is 1. The average molecular weight is 538 g/mol. The monoisotopic (exact) mass is 537 g/mol. The van der Waals surface area contributed by atoms with E-state index in [1.807, 2.05) is 4.90 Å². The van der Waals surface area contributed by atoms with Crippen LogP contribution in [0.1, 0.15) is 30.4 Å². The van der Waals surface area contributed by atoms with Crippen LogP contribution < -0.4 is 4.90 Å². The molecule has 190 valence electrons. The summed E-state index contributed by atoms with van der Waals surface area (Å²) in [5.41, 5.74) is 3.39. The molecule has 2 aromatic carbocycles. The summed E-state index contributed by atoms with van der Waals surface area (Å²) < 4.78 is 19.7. The highest BCUT2D eigenvalue weighted by atomic mass is 35.5. The second-order valence-electron chi connectivity index (χ2n) is 8.61. The van der Waals surface area contributed by atoms with Crippen molar-refractivity contribution < 1.29 is 13.9 Å². The van der Waals surface area contributed by atoms with Crippen molar-refractivity contribution in [3.05, 3.63) is 53.3 Å². The van der Waals surface area contributed by atoms with Crippen molar-refractivity contribution in [3.63, 3.8) is 0 Å². The molecule has 1 aliphatic rings. The second-order valence-corrected chi connectivity index (χ2v) is 10.8. The van der Waals surface area contributed by atoms with Crippen LogP contribution in [-0.4, -0.2) is 60.9 Å². The number of aromatic nitrogens is 1. The smallest absolute Gasteiger partial charge is 0.228 e. The van der Waals surface area contributed by atoms with Gasteiger partial charge in [-0.15, -0.1) is 24.2 Å². The number of aryl methyl sites for hydroxylation is 2. The van der Waals surface area contributed by atoms with E-state index in [2.05, 4.69) is 30.9 Å². The first-order valence-corrected chi connectivity index (χ1v) is 13.7. The number of carbonyl (C=O) groups is 1. The van der Waals surface area contributed by atoms with Gasteiger partial charge in [0.2, 0.25) is 5.91 Å². The van der Waals surface area contributed by atoms with Crippen molar-refractivity contribution in [1.82, 2.24) is 9.88 Å². The molecule has 1 saturated heterocycles. The molecule has 1 amide bonds. The predicted octanol–water partition coefficient (Wildman–Crippen LogP) is 6.10. The fourth-order valence-corrected chi connectivity index (χ4v) is 5.93. The Hall–Kier alpha value is -1.71. The van der Waals surface area contributed by atoms with Gasteiger partial charge in [-0.3, -0.25) is 14.6 Å². The summed E-state index contributed by atoms with van der Waals surface area (Å²) >= 11 is 3.25. The van der Waals surface area contributed by atoms with Gasteiger partial charge in [-0.2, -0.15) is 0 Å². The molecule has 2 heterocycles. The van der Waals surface area contributed by atoms with Gasteiger partial charge in [0.1, 0.15) is 5.82 Å². The molecule has 0 spiro atoms. The van der Waals surface area contributed by atoms with Crippen LogP contribution in [0.2, 0.25) is 0 Å². The molecule has 3 aromatic rings. The number of fused-ring (bicyclic) bond motifs is 1. The second kappa shape index (κ2) is 13.6. The van der Waals surface area contributed by atoms with Crippen molar-refractivity contribution in [3.8, 4) is 0 Å². The maximum absolute atomic E-state index is 13.3. The van der Waals surface area contributed by atoms with Crippen LogP contribution >= 0.6 is 35.5 Å². The number of rotatable bonds is 10. The van der Waals surface area contributed by atoms with E-state index in [0.717, 1.165) is 71.7 Å². The molecule has 0 atom stereocenters. The van der Waals surface area contributed by atoms with E-state index in [9.17, 15) is 9.18 Å². The number of thiazole rings is 1. The Balaban J connectivity index is 0.00000342. The molecule has 0 aliphatic carbocycles. The van der Waals surface area contributed by atoms with E-state index in [4.69, 9.17) is 9.72 Å². The minimum Gasteiger partial charge on any atom is -0.379 e. The third-order valence-corrected chi connectivity index (χ3v) is 8.32. The minimum atomic E-state index is -0.228.